The SMILES string of the molecule is O=C(Cc1ccc(OC(F)(F)F)cc1)NNc1cc(Cl)cc(Cl)c1. The zero-order chi connectivity index (χ0) is 17.7. The minimum atomic E-state index is -4.75. The average molecular weight is 379 g/mol. The van der Waals surface area contributed by atoms with Gasteiger partial charge in [-0.3, -0.25) is 15.6 Å². The van der Waals surface area contributed by atoms with Crippen LogP contribution in [0.2, 0.25) is 10.0 Å². The first-order valence-electron chi connectivity index (χ1n) is 6.57. The van der Waals surface area contributed by atoms with E-state index in [0.29, 0.717) is 21.3 Å². The Bertz CT molecular complexity index is 701. The highest BCUT2D eigenvalue weighted by atomic mass is 35.5. The van der Waals surface area contributed by atoms with Gasteiger partial charge in [-0.2, -0.15) is 0 Å². The van der Waals surface area contributed by atoms with E-state index in [0.717, 1.165) is 12.1 Å². The molecule has 2 aromatic carbocycles. The molecule has 0 atom stereocenters. The molecule has 0 aliphatic carbocycles. The van der Waals surface area contributed by atoms with Crippen LogP contribution in [0.5, 0.6) is 5.75 Å². The molecule has 0 bridgehead atoms. The molecule has 0 spiro atoms. The van der Waals surface area contributed by atoms with Gasteiger partial charge in [0, 0.05) is 10.0 Å². The standard InChI is InChI=1S/C15H11Cl2F3N2O2/c16-10-6-11(17)8-12(7-10)21-22-14(23)5-9-1-3-13(4-2-9)24-15(18,19)20/h1-4,6-8,21H,5H2,(H,22,23). The van der Waals surface area contributed by atoms with E-state index >= 15 is 0 Å². The number of hydrazine groups is 1. The summed E-state index contributed by atoms with van der Waals surface area (Å²) in [7, 11) is 0. The molecule has 0 radical (unpaired) electrons. The molecular weight excluding hydrogens is 368 g/mol. The summed E-state index contributed by atoms with van der Waals surface area (Å²) in [5, 5.41) is 0.805. The molecule has 0 aliphatic heterocycles. The van der Waals surface area contributed by atoms with Gasteiger partial charge in [0.15, 0.2) is 0 Å². The van der Waals surface area contributed by atoms with Gasteiger partial charge in [-0.15, -0.1) is 13.2 Å². The Hall–Kier alpha value is -2.12. The summed E-state index contributed by atoms with van der Waals surface area (Å²) in [5.41, 5.74) is 6.10. The number of rotatable bonds is 5. The first-order valence-corrected chi connectivity index (χ1v) is 7.32. The fourth-order valence-electron chi connectivity index (χ4n) is 1.81. The van der Waals surface area contributed by atoms with Crippen molar-refractivity contribution in [2.24, 2.45) is 0 Å². The lowest BCUT2D eigenvalue weighted by Crippen LogP contribution is -2.30. The lowest BCUT2D eigenvalue weighted by Gasteiger charge is -2.11. The number of hydrogen-bond acceptors (Lipinski definition) is 3. The summed E-state index contributed by atoms with van der Waals surface area (Å²) in [6.45, 7) is 0. The normalized spacial score (nSPS) is 11.0. The first kappa shape index (κ1) is 18.2. The van der Waals surface area contributed by atoms with Gasteiger partial charge in [0.2, 0.25) is 5.91 Å². The van der Waals surface area contributed by atoms with Crippen LogP contribution in [0.1, 0.15) is 5.56 Å². The zero-order valence-electron chi connectivity index (χ0n) is 12.0. The third-order valence-corrected chi connectivity index (χ3v) is 3.17. The van der Waals surface area contributed by atoms with Crippen LogP contribution in [0.4, 0.5) is 18.9 Å². The molecule has 2 aromatic rings. The number of ether oxygens (including phenoxy) is 1. The maximum atomic E-state index is 12.1. The van der Waals surface area contributed by atoms with Crippen LogP contribution in [0, 0.1) is 0 Å². The molecule has 0 aromatic heterocycles. The third-order valence-electron chi connectivity index (χ3n) is 2.73. The van der Waals surface area contributed by atoms with Crippen LogP contribution in [0.15, 0.2) is 42.5 Å². The number of halogens is 5. The minimum Gasteiger partial charge on any atom is -0.406 e. The van der Waals surface area contributed by atoms with Crippen LogP contribution in [-0.4, -0.2) is 12.3 Å². The molecule has 0 heterocycles. The second-order valence-corrected chi connectivity index (χ2v) is 5.57. The van der Waals surface area contributed by atoms with E-state index in [-0.39, 0.29) is 12.2 Å². The molecule has 24 heavy (non-hydrogen) atoms. The molecule has 4 nitrogen and oxygen atoms in total. The van der Waals surface area contributed by atoms with E-state index in [1.165, 1.54) is 12.1 Å². The van der Waals surface area contributed by atoms with Gasteiger partial charge in [-0.25, -0.2) is 0 Å². The minimum absolute atomic E-state index is 0.0341. The van der Waals surface area contributed by atoms with E-state index < -0.39 is 12.3 Å². The summed E-state index contributed by atoms with van der Waals surface area (Å²) >= 11 is 11.7. The van der Waals surface area contributed by atoms with Gasteiger partial charge in [0.05, 0.1) is 12.1 Å². The Morgan fingerprint density at radius 1 is 1.04 bits per heavy atom. The maximum absolute atomic E-state index is 12.1. The highest BCUT2D eigenvalue weighted by molar-refractivity contribution is 6.35. The highest BCUT2D eigenvalue weighted by Gasteiger charge is 2.30. The summed E-state index contributed by atoms with van der Waals surface area (Å²) in [6.07, 6.45) is -4.78. The van der Waals surface area contributed by atoms with Gasteiger partial charge < -0.3 is 4.74 Å². The van der Waals surface area contributed by atoms with Gasteiger partial charge in [-0.05, 0) is 35.9 Å². The number of benzene rings is 2. The van der Waals surface area contributed by atoms with Crippen molar-refractivity contribution in [1.29, 1.82) is 0 Å². The van der Waals surface area contributed by atoms with Crippen LogP contribution in [0.25, 0.3) is 0 Å². The van der Waals surface area contributed by atoms with Crippen molar-refractivity contribution in [1.82, 2.24) is 5.43 Å². The Kier molecular flexibility index (Phi) is 5.80. The largest absolute Gasteiger partial charge is 0.573 e. The lowest BCUT2D eigenvalue weighted by molar-refractivity contribution is -0.274. The summed E-state index contributed by atoms with van der Waals surface area (Å²) in [4.78, 5) is 11.8. The molecule has 0 fully saturated rings. The second kappa shape index (κ2) is 7.63. The molecule has 0 saturated heterocycles. The predicted molar refractivity (Wildman–Crippen MR) is 85.1 cm³/mol. The Morgan fingerprint density at radius 2 is 1.62 bits per heavy atom. The molecule has 9 heteroatoms. The Morgan fingerprint density at radius 3 is 2.17 bits per heavy atom. The van der Waals surface area contributed by atoms with Crippen LogP contribution >= 0.6 is 23.2 Å². The fraction of sp³-hybridized carbons (Fsp3) is 0.133. The molecule has 0 saturated carbocycles. The van der Waals surface area contributed by atoms with Crippen molar-refractivity contribution in [2.45, 2.75) is 12.8 Å². The topological polar surface area (TPSA) is 50.4 Å². The summed E-state index contributed by atoms with van der Waals surface area (Å²) in [6, 6.07) is 9.70. The molecular formula is C15H11Cl2F3N2O2. The number of anilines is 1. The van der Waals surface area contributed by atoms with Crippen LogP contribution in [-0.2, 0) is 11.2 Å². The van der Waals surface area contributed by atoms with Gasteiger partial charge in [0.1, 0.15) is 5.75 Å². The smallest absolute Gasteiger partial charge is 0.406 e. The average Bonchev–Trinajstić information content (AvgIpc) is 2.45. The van der Waals surface area contributed by atoms with Crippen LogP contribution < -0.4 is 15.6 Å². The van der Waals surface area contributed by atoms with Crippen LogP contribution in [0.3, 0.4) is 0 Å². The van der Waals surface area contributed by atoms with E-state index in [2.05, 4.69) is 15.6 Å². The lowest BCUT2D eigenvalue weighted by atomic mass is 10.1. The number of nitrogens with one attached hydrogen (secondary N) is 2. The zero-order valence-corrected chi connectivity index (χ0v) is 13.5. The molecule has 2 N–H and O–H groups in total. The predicted octanol–water partition coefficient (Wildman–Crippen LogP) is 4.58. The third kappa shape index (κ3) is 6.17. The van der Waals surface area contributed by atoms with Crippen molar-refractivity contribution in [3.05, 3.63) is 58.1 Å². The number of carbonyl (C=O) groups excluding carboxylic acids is 1. The van der Waals surface area contributed by atoms with Gasteiger partial charge in [-0.1, -0.05) is 35.3 Å². The molecule has 1 amide bonds. The Balaban J connectivity index is 1.88. The highest BCUT2D eigenvalue weighted by Crippen LogP contribution is 2.23. The first-order chi connectivity index (χ1) is 11.2. The number of carbonyl (C=O) groups is 1. The van der Waals surface area contributed by atoms with E-state index in [9.17, 15) is 18.0 Å². The van der Waals surface area contributed by atoms with E-state index in [1.807, 2.05) is 0 Å². The molecule has 0 aliphatic rings. The molecule has 128 valence electrons. The van der Waals surface area contributed by atoms with Crippen molar-refractivity contribution < 1.29 is 22.7 Å². The van der Waals surface area contributed by atoms with Crippen molar-refractivity contribution >= 4 is 34.8 Å². The van der Waals surface area contributed by atoms with Gasteiger partial charge >= 0.3 is 6.36 Å². The van der Waals surface area contributed by atoms with Crippen molar-refractivity contribution in [2.75, 3.05) is 5.43 Å². The summed E-state index contributed by atoms with van der Waals surface area (Å²) < 4.78 is 39.9. The monoisotopic (exact) mass is 378 g/mol. The van der Waals surface area contributed by atoms with Gasteiger partial charge in [0.25, 0.3) is 0 Å². The van der Waals surface area contributed by atoms with E-state index in [1.54, 1.807) is 18.2 Å². The molecule has 0 unspecified atom stereocenters. The van der Waals surface area contributed by atoms with Crippen molar-refractivity contribution in [3.8, 4) is 5.75 Å². The fourth-order valence-corrected chi connectivity index (χ4v) is 2.33. The van der Waals surface area contributed by atoms with E-state index in [4.69, 9.17) is 23.2 Å². The quantitative estimate of drug-likeness (QED) is 0.748. The Labute approximate surface area is 145 Å². The molecule has 2 rings (SSSR count). The number of amides is 1. The number of hydrogen-bond donors (Lipinski definition) is 2. The summed E-state index contributed by atoms with van der Waals surface area (Å²) in [5.74, 6) is -0.742. The second-order valence-electron chi connectivity index (χ2n) is 4.70. The van der Waals surface area contributed by atoms with Crippen molar-refractivity contribution in [3.63, 3.8) is 0 Å². The number of alkyl halides is 3. The maximum Gasteiger partial charge on any atom is 0.573 e.